The van der Waals surface area contributed by atoms with E-state index in [1.807, 2.05) is 0 Å². The van der Waals surface area contributed by atoms with Crippen molar-refractivity contribution in [3.8, 4) is 22.9 Å². The molecule has 1 aliphatic rings. The lowest BCUT2D eigenvalue weighted by atomic mass is 10.2. The zero-order valence-electron chi connectivity index (χ0n) is 14.7. The Kier molecular flexibility index (Phi) is 4.99. The zero-order valence-corrected chi connectivity index (χ0v) is 15.5. The second-order valence-corrected chi connectivity index (χ2v) is 6.61. The molecule has 8 heteroatoms. The lowest BCUT2D eigenvalue weighted by Crippen LogP contribution is -2.22. The molecule has 3 aromatic rings. The molecule has 2 heterocycles. The van der Waals surface area contributed by atoms with Gasteiger partial charge in [0.05, 0.1) is 6.42 Å². The monoisotopic (exact) mass is 397 g/mol. The molecule has 2 N–H and O–H groups in total. The summed E-state index contributed by atoms with van der Waals surface area (Å²) in [5.74, 6) is 1.31. The molecule has 0 unspecified atom stereocenters. The first-order valence-corrected chi connectivity index (χ1v) is 9.00. The van der Waals surface area contributed by atoms with E-state index >= 15 is 0 Å². The molecule has 28 heavy (non-hydrogen) atoms. The Morgan fingerprint density at radius 3 is 2.61 bits per heavy atom. The Morgan fingerprint density at radius 1 is 1.11 bits per heavy atom. The lowest BCUT2D eigenvalue weighted by Gasteiger charge is -2.19. The first-order chi connectivity index (χ1) is 13.6. The molecule has 0 saturated heterocycles. The number of ether oxygens (including phenoxy) is 2. The average Bonchev–Trinajstić information content (AvgIpc) is 2.70. The van der Waals surface area contributed by atoms with Crippen LogP contribution in [-0.4, -0.2) is 29.1 Å². The number of aromatic amines is 1. The number of amides is 1. The quantitative estimate of drug-likeness (QED) is 0.705. The van der Waals surface area contributed by atoms with Crippen molar-refractivity contribution in [1.29, 1.82) is 0 Å². The van der Waals surface area contributed by atoms with Crippen LogP contribution in [-0.2, 0) is 11.2 Å². The maximum atomic E-state index is 12.3. The minimum atomic E-state index is -0.364. The van der Waals surface area contributed by atoms with Crippen molar-refractivity contribution in [3.63, 3.8) is 0 Å². The fourth-order valence-electron chi connectivity index (χ4n) is 2.80. The smallest absolute Gasteiger partial charge is 0.254 e. The van der Waals surface area contributed by atoms with Gasteiger partial charge in [0, 0.05) is 34.1 Å². The minimum Gasteiger partial charge on any atom is -0.486 e. The van der Waals surface area contributed by atoms with Crippen LogP contribution in [0.3, 0.4) is 0 Å². The molecule has 0 radical (unpaired) electrons. The fourth-order valence-corrected chi connectivity index (χ4v) is 2.93. The number of hydrogen-bond donors (Lipinski definition) is 2. The Hall–Kier alpha value is -3.32. The van der Waals surface area contributed by atoms with Crippen LogP contribution in [0.1, 0.15) is 5.56 Å². The van der Waals surface area contributed by atoms with Gasteiger partial charge in [-0.1, -0.05) is 11.6 Å². The van der Waals surface area contributed by atoms with Crippen molar-refractivity contribution in [2.75, 3.05) is 18.5 Å². The minimum absolute atomic E-state index is 0.0995. The van der Waals surface area contributed by atoms with Gasteiger partial charge in [0.15, 0.2) is 11.5 Å². The predicted molar refractivity (Wildman–Crippen MR) is 105 cm³/mol. The predicted octanol–water partition coefficient (Wildman–Crippen LogP) is 3.04. The van der Waals surface area contributed by atoms with Gasteiger partial charge >= 0.3 is 0 Å². The number of halogens is 1. The summed E-state index contributed by atoms with van der Waals surface area (Å²) >= 11 is 5.87. The highest BCUT2D eigenvalue weighted by atomic mass is 35.5. The summed E-state index contributed by atoms with van der Waals surface area (Å²) in [7, 11) is 0. The second kappa shape index (κ2) is 7.74. The van der Waals surface area contributed by atoms with Gasteiger partial charge in [-0.2, -0.15) is 0 Å². The van der Waals surface area contributed by atoms with Crippen LogP contribution in [0.15, 0.2) is 53.5 Å². The van der Waals surface area contributed by atoms with Gasteiger partial charge in [-0.3, -0.25) is 9.59 Å². The van der Waals surface area contributed by atoms with E-state index in [9.17, 15) is 9.59 Å². The van der Waals surface area contributed by atoms with Gasteiger partial charge in [-0.25, -0.2) is 4.98 Å². The van der Waals surface area contributed by atoms with Crippen LogP contribution in [0.2, 0.25) is 5.02 Å². The molecule has 0 aliphatic carbocycles. The molecule has 1 aromatic heterocycles. The van der Waals surface area contributed by atoms with Gasteiger partial charge in [0.1, 0.15) is 19.0 Å². The first kappa shape index (κ1) is 18.1. The van der Waals surface area contributed by atoms with Crippen LogP contribution in [0, 0.1) is 0 Å². The van der Waals surface area contributed by atoms with Crippen LogP contribution in [0.25, 0.3) is 11.4 Å². The van der Waals surface area contributed by atoms with E-state index in [2.05, 4.69) is 15.3 Å². The summed E-state index contributed by atoms with van der Waals surface area (Å²) < 4.78 is 10.9. The molecular weight excluding hydrogens is 382 g/mol. The lowest BCUT2D eigenvalue weighted by molar-refractivity contribution is -0.115. The first-order valence-electron chi connectivity index (χ1n) is 8.62. The van der Waals surface area contributed by atoms with E-state index in [0.717, 1.165) is 5.56 Å². The van der Waals surface area contributed by atoms with Gasteiger partial charge in [0.2, 0.25) is 5.91 Å². The zero-order chi connectivity index (χ0) is 19.5. The summed E-state index contributed by atoms with van der Waals surface area (Å²) in [4.78, 5) is 31.6. The van der Waals surface area contributed by atoms with E-state index in [4.69, 9.17) is 21.1 Å². The van der Waals surface area contributed by atoms with Gasteiger partial charge in [-0.15, -0.1) is 0 Å². The number of aromatic nitrogens is 2. The maximum Gasteiger partial charge on any atom is 0.254 e. The van der Waals surface area contributed by atoms with Gasteiger partial charge in [-0.05, 0) is 36.4 Å². The highest BCUT2D eigenvalue weighted by molar-refractivity contribution is 6.30. The molecule has 1 amide bonds. The number of benzene rings is 2. The topological polar surface area (TPSA) is 93.3 Å². The SMILES string of the molecule is O=C(Cc1cnc(-c2ccc(Cl)cc2)[nH]c1=O)Nc1ccc2c(c1)OCCO2. The molecular formula is C20H16ClN3O4. The van der Waals surface area contributed by atoms with E-state index in [1.165, 1.54) is 6.20 Å². The molecule has 0 spiro atoms. The third kappa shape index (κ3) is 3.99. The summed E-state index contributed by atoms with van der Waals surface area (Å²) in [5, 5.41) is 3.35. The third-order valence-electron chi connectivity index (χ3n) is 4.17. The van der Waals surface area contributed by atoms with Crippen LogP contribution in [0.4, 0.5) is 5.69 Å². The molecule has 7 nitrogen and oxygen atoms in total. The summed E-state index contributed by atoms with van der Waals surface area (Å²) in [6.07, 6.45) is 1.31. The van der Waals surface area contributed by atoms with Crippen molar-refractivity contribution < 1.29 is 14.3 Å². The molecule has 4 rings (SSSR count). The average molecular weight is 398 g/mol. The van der Waals surface area contributed by atoms with E-state index in [-0.39, 0.29) is 23.5 Å². The molecule has 1 aliphatic heterocycles. The number of hydrogen-bond acceptors (Lipinski definition) is 5. The Bertz CT molecular complexity index is 1080. The van der Waals surface area contributed by atoms with Crippen molar-refractivity contribution in [2.45, 2.75) is 6.42 Å². The standard InChI is InChI=1S/C20H16ClN3O4/c21-14-3-1-12(2-4-14)19-22-11-13(20(26)24-19)9-18(25)23-15-5-6-16-17(10-15)28-8-7-27-16/h1-6,10-11H,7-9H2,(H,23,25)(H,22,24,26). The second-order valence-electron chi connectivity index (χ2n) is 6.18. The van der Waals surface area contributed by atoms with Crippen molar-refractivity contribution >= 4 is 23.2 Å². The van der Waals surface area contributed by atoms with Crippen LogP contribution >= 0.6 is 11.6 Å². The Labute approximate surface area is 165 Å². The molecule has 0 atom stereocenters. The number of nitrogens with one attached hydrogen (secondary N) is 2. The van der Waals surface area contributed by atoms with E-state index in [0.29, 0.717) is 41.2 Å². The maximum absolute atomic E-state index is 12.3. The van der Waals surface area contributed by atoms with Gasteiger partial charge < -0.3 is 19.8 Å². The van der Waals surface area contributed by atoms with Crippen LogP contribution in [0.5, 0.6) is 11.5 Å². The summed E-state index contributed by atoms with van der Waals surface area (Å²) in [6, 6.07) is 12.1. The number of H-pyrrole nitrogens is 1. The molecule has 142 valence electrons. The van der Waals surface area contributed by atoms with Crippen molar-refractivity contribution in [1.82, 2.24) is 9.97 Å². The van der Waals surface area contributed by atoms with E-state index < -0.39 is 0 Å². The highest BCUT2D eigenvalue weighted by Crippen LogP contribution is 2.32. The number of carbonyl (C=O) groups excluding carboxylic acids is 1. The van der Waals surface area contributed by atoms with Crippen molar-refractivity contribution in [3.05, 3.63) is 69.6 Å². The Morgan fingerprint density at radius 2 is 1.86 bits per heavy atom. The summed E-state index contributed by atoms with van der Waals surface area (Å²) in [5.41, 5.74) is 1.20. The van der Waals surface area contributed by atoms with Gasteiger partial charge in [0.25, 0.3) is 5.56 Å². The number of rotatable bonds is 4. The third-order valence-corrected chi connectivity index (χ3v) is 4.42. The highest BCUT2D eigenvalue weighted by Gasteiger charge is 2.14. The number of anilines is 1. The number of nitrogens with zero attached hydrogens (tertiary/aromatic N) is 1. The Balaban J connectivity index is 1.46. The molecule has 2 aromatic carbocycles. The van der Waals surface area contributed by atoms with E-state index in [1.54, 1.807) is 42.5 Å². The fraction of sp³-hybridized carbons (Fsp3) is 0.150. The number of carbonyl (C=O) groups is 1. The normalized spacial score (nSPS) is 12.5. The largest absolute Gasteiger partial charge is 0.486 e. The molecule has 0 saturated carbocycles. The molecule has 0 fully saturated rings. The van der Waals surface area contributed by atoms with Crippen LogP contribution < -0.4 is 20.3 Å². The molecule has 0 bridgehead atoms. The number of fused-ring (bicyclic) bond motifs is 1. The summed E-state index contributed by atoms with van der Waals surface area (Å²) in [6.45, 7) is 0.964. The van der Waals surface area contributed by atoms with Crippen molar-refractivity contribution in [2.24, 2.45) is 0 Å².